The van der Waals surface area contributed by atoms with Gasteiger partial charge < -0.3 is 9.84 Å². The van der Waals surface area contributed by atoms with Crippen molar-refractivity contribution < 1.29 is 24.3 Å². The van der Waals surface area contributed by atoms with E-state index in [0.29, 0.717) is 0 Å². The fourth-order valence-corrected chi connectivity index (χ4v) is 1.90. The maximum absolute atomic E-state index is 11.6. The number of aliphatic hydroxyl groups excluding tert-OH is 1. The van der Waals surface area contributed by atoms with Gasteiger partial charge in [0, 0.05) is 5.92 Å². The lowest BCUT2D eigenvalue weighted by Crippen LogP contribution is -2.54. The Morgan fingerprint density at radius 3 is 2.67 bits per heavy atom. The van der Waals surface area contributed by atoms with E-state index in [9.17, 15) is 14.7 Å². The molecule has 0 aromatic carbocycles. The molecule has 1 fully saturated rings. The smallest absolute Gasteiger partial charge is 0.336 e. The normalized spacial score (nSPS) is 30.8. The van der Waals surface area contributed by atoms with E-state index in [2.05, 4.69) is 4.74 Å². The average molecular weight is 217 g/mol. The van der Waals surface area contributed by atoms with Crippen LogP contribution in [-0.2, 0) is 19.2 Å². The van der Waals surface area contributed by atoms with E-state index in [-0.39, 0.29) is 18.2 Å². The molecule has 0 aliphatic carbocycles. The second kappa shape index (κ2) is 4.16. The van der Waals surface area contributed by atoms with Gasteiger partial charge in [-0.3, -0.25) is 9.63 Å². The fraction of sp³-hybridized carbons (Fsp3) is 0.778. The summed E-state index contributed by atoms with van der Waals surface area (Å²) in [7, 11) is 2.49. The number of amides is 1. The first-order valence-corrected chi connectivity index (χ1v) is 4.61. The molecule has 1 N–H and O–H groups in total. The van der Waals surface area contributed by atoms with Crippen molar-refractivity contribution in [3.8, 4) is 0 Å². The molecule has 1 amide bonds. The lowest BCUT2D eigenvalue weighted by Gasteiger charge is -2.31. The Bertz CT molecular complexity index is 280. The van der Waals surface area contributed by atoms with E-state index < -0.39 is 18.1 Å². The molecule has 6 heteroatoms. The summed E-state index contributed by atoms with van der Waals surface area (Å²) < 4.78 is 4.58. The molecular weight excluding hydrogens is 202 g/mol. The van der Waals surface area contributed by atoms with Gasteiger partial charge in [0.25, 0.3) is 0 Å². The number of hydroxylamine groups is 2. The van der Waals surface area contributed by atoms with Gasteiger partial charge in [-0.25, -0.2) is 9.86 Å². The molecule has 0 bridgehead atoms. The predicted octanol–water partition coefficient (Wildman–Crippen LogP) is -0.680. The monoisotopic (exact) mass is 217 g/mol. The summed E-state index contributed by atoms with van der Waals surface area (Å²) in [4.78, 5) is 28.0. The summed E-state index contributed by atoms with van der Waals surface area (Å²) in [5.41, 5.74) is -1.39. The zero-order valence-electron chi connectivity index (χ0n) is 9.02. The Hall–Kier alpha value is -1.14. The summed E-state index contributed by atoms with van der Waals surface area (Å²) in [6.45, 7) is 1.16. The molecule has 1 aliphatic rings. The van der Waals surface area contributed by atoms with Crippen LogP contribution in [0.4, 0.5) is 0 Å². The minimum absolute atomic E-state index is 0.197. The number of esters is 1. The Kier molecular flexibility index (Phi) is 3.31. The van der Waals surface area contributed by atoms with Gasteiger partial charge in [-0.05, 0) is 6.42 Å². The summed E-state index contributed by atoms with van der Waals surface area (Å²) >= 11 is 0. The average Bonchev–Trinajstić information content (AvgIpc) is 2.50. The minimum atomic E-state index is -1.39. The van der Waals surface area contributed by atoms with E-state index in [0.717, 1.165) is 5.06 Å². The van der Waals surface area contributed by atoms with Crippen molar-refractivity contribution in [3.63, 3.8) is 0 Å². The summed E-state index contributed by atoms with van der Waals surface area (Å²) in [5, 5.41) is 10.2. The van der Waals surface area contributed by atoms with Crippen LogP contribution in [0.5, 0.6) is 0 Å². The van der Waals surface area contributed by atoms with E-state index in [1.165, 1.54) is 14.2 Å². The number of carbonyl (C=O) groups is 2. The van der Waals surface area contributed by atoms with Gasteiger partial charge in [-0.1, -0.05) is 6.92 Å². The molecule has 15 heavy (non-hydrogen) atoms. The second-order valence-corrected chi connectivity index (χ2v) is 3.60. The van der Waals surface area contributed by atoms with Crippen LogP contribution < -0.4 is 0 Å². The molecule has 6 nitrogen and oxygen atoms in total. The first-order valence-electron chi connectivity index (χ1n) is 4.61. The largest absolute Gasteiger partial charge is 0.467 e. The molecule has 0 radical (unpaired) electrons. The summed E-state index contributed by atoms with van der Waals surface area (Å²) in [6, 6.07) is 0. The van der Waals surface area contributed by atoms with Gasteiger partial charge in [-0.2, -0.15) is 0 Å². The van der Waals surface area contributed by atoms with Crippen LogP contribution in [0.2, 0.25) is 0 Å². The number of ether oxygens (including phenoxy) is 1. The number of methoxy groups -OCH3 is 1. The van der Waals surface area contributed by atoms with Gasteiger partial charge in [-0.15, -0.1) is 0 Å². The summed E-state index contributed by atoms with van der Waals surface area (Å²) in [5.74, 6) is -1.35. The molecule has 2 atom stereocenters. The third kappa shape index (κ3) is 1.59. The number of rotatable bonds is 3. The SMILES string of the molecule is COC(=O)[C@@]1(CO)C[C@H](C)C(=O)N1OC. The van der Waals surface area contributed by atoms with Crippen LogP contribution >= 0.6 is 0 Å². The lowest BCUT2D eigenvalue weighted by molar-refractivity contribution is -0.212. The van der Waals surface area contributed by atoms with Gasteiger partial charge in [0.2, 0.25) is 5.91 Å². The maximum atomic E-state index is 11.6. The molecule has 1 aliphatic heterocycles. The van der Waals surface area contributed by atoms with Crippen molar-refractivity contribution in [1.82, 2.24) is 5.06 Å². The maximum Gasteiger partial charge on any atom is 0.336 e. The molecular formula is C9H15NO5. The first kappa shape index (κ1) is 11.9. The van der Waals surface area contributed by atoms with Gasteiger partial charge in [0.05, 0.1) is 20.8 Å². The van der Waals surface area contributed by atoms with Crippen LogP contribution in [0.15, 0.2) is 0 Å². The number of nitrogens with zero attached hydrogens (tertiary/aromatic N) is 1. The van der Waals surface area contributed by atoms with Gasteiger partial charge in [0.15, 0.2) is 5.54 Å². The molecule has 0 spiro atoms. The molecule has 1 saturated heterocycles. The zero-order chi connectivity index (χ0) is 11.6. The van der Waals surface area contributed by atoms with Crippen molar-refractivity contribution in [1.29, 1.82) is 0 Å². The van der Waals surface area contributed by atoms with E-state index in [1.807, 2.05) is 0 Å². The highest BCUT2D eigenvalue weighted by Crippen LogP contribution is 2.34. The van der Waals surface area contributed by atoms with Crippen LogP contribution in [0.1, 0.15) is 13.3 Å². The molecule has 0 saturated carbocycles. The Labute approximate surface area is 87.7 Å². The molecule has 1 rings (SSSR count). The zero-order valence-corrected chi connectivity index (χ0v) is 9.02. The molecule has 0 aromatic heterocycles. The van der Waals surface area contributed by atoms with Crippen molar-refractivity contribution in [2.24, 2.45) is 5.92 Å². The Morgan fingerprint density at radius 1 is 1.67 bits per heavy atom. The highest BCUT2D eigenvalue weighted by Gasteiger charge is 2.56. The Balaban J connectivity index is 3.08. The van der Waals surface area contributed by atoms with Crippen molar-refractivity contribution in [2.75, 3.05) is 20.8 Å². The first-order chi connectivity index (χ1) is 7.03. The van der Waals surface area contributed by atoms with Crippen LogP contribution in [-0.4, -0.2) is 48.4 Å². The number of hydrogen-bond donors (Lipinski definition) is 1. The van der Waals surface area contributed by atoms with E-state index >= 15 is 0 Å². The van der Waals surface area contributed by atoms with E-state index in [1.54, 1.807) is 6.92 Å². The summed E-state index contributed by atoms with van der Waals surface area (Å²) in [6.07, 6.45) is 0.197. The Morgan fingerprint density at radius 2 is 2.27 bits per heavy atom. The number of aliphatic hydroxyl groups is 1. The number of hydrogen-bond acceptors (Lipinski definition) is 5. The van der Waals surface area contributed by atoms with Crippen molar-refractivity contribution in [3.05, 3.63) is 0 Å². The van der Waals surface area contributed by atoms with Crippen LogP contribution in [0.3, 0.4) is 0 Å². The highest BCUT2D eigenvalue weighted by molar-refractivity contribution is 5.92. The molecule has 0 aromatic rings. The van der Waals surface area contributed by atoms with Crippen molar-refractivity contribution >= 4 is 11.9 Å². The third-order valence-electron chi connectivity index (χ3n) is 2.66. The third-order valence-corrected chi connectivity index (χ3v) is 2.66. The second-order valence-electron chi connectivity index (χ2n) is 3.60. The fourth-order valence-electron chi connectivity index (χ4n) is 1.90. The topological polar surface area (TPSA) is 76.1 Å². The predicted molar refractivity (Wildman–Crippen MR) is 49.5 cm³/mol. The van der Waals surface area contributed by atoms with Crippen molar-refractivity contribution in [2.45, 2.75) is 18.9 Å². The van der Waals surface area contributed by atoms with Gasteiger partial charge >= 0.3 is 5.97 Å². The molecule has 86 valence electrons. The molecule has 1 heterocycles. The lowest BCUT2D eigenvalue weighted by atomic mass is 9.94. The van der Waals surface area contributed by atoms with Gasteiger partial charge in [0.1, 0.15) is 0 Å². The van der Waals surface area contributed by atoms with Crippen LogP contribution in [0.25, 0.3) is 0 Å². The van der Waals surface area contributed by atoms with Crippen LogP contribution in [0, 0.1) is 5.92 Å². The highest BCUT2D eigenvalue weighted by atomic mass is 16.7. The standard InChI is InChI=1S/C9H15NO5/c1-6-4-9(5-11,8(13)14-2)10(15-3)7(6)12/h6,11H,4-5H2,1-3H3/t6-,9-/m0/s1. The van der Waals surface area contributed by atoms with E-state index in [4.69, 9.17) is 4.84 Å². The quantitative estimate of drug-likeness (QED) is 0.634. The minimum Gasteiger partial charge on any atom is -0.467 e. The molecule has 0 unspecified atom stereocenters. The number of carbonyl (C=O) groups excluding carboxylic acids is 2.